The summed E-state index contributed by atoms with van der Waals surface area (Å²) < 4.78 is 13.9. The molecule has 0 saturated heterocycles. The topological polar surface area (TPSA) is 26.0 Å². The second-order valence-electron chi connectivity index (χ2n) is 5.68. The summed E-state index contributed by atoms with van der Waals surface area (Å²) >= 11 is 0. The van der Waals surface area contributed by atoms with Crippen LogP contribution in [0, 0.1) is 12.7 Å². The van der Waals surface area contributed by atoms with Crippen LogP contribution in [0.2, 0.25) is 0 Å². The number of rotatable bonds is 3. The Hall–Kier alpha value is -0.890. The predicted molar refractivity (Wildman–Crippen MR) is 69.8 cm³/mol. The Morgan fingerprint density at radius 3 is 2.41 bits per heavy atom. The van der Waals surface area contributed by atoms with Gasteiger partial charge in [0, 0.05) is 12.0 Å². The van der Waals surface area contributed by atoms with E-state index in [0.29, 0.717) is 6.54 Å². The molecule has 2 heteroatoms. The van der Waals surface area contributed by atoms with Gasteiger partial charge < -0.3 is 5.73 Å². The van der Waals surface area contributed by atoms with Crippen LogP contribution >= 0.6 is 0 Å². The van der Waals surface area contributed by atoms with Gasteiger partial charge in [-0.3, -0.25) is 0 Å². The molecule has 2 rings (SSSR count). The molecule has 1 nitrogen and oxygen atoms in total. The quantitative estimate of drug-likeness (QED) is 0.850. The first-order chi connectivity index (χ1) is 8.00. The van der Waals surface area contributed by atoms with E-state index in [1.54, 1.807) is 6.07 Å². The average Bonchev–Trinajstić information content (AvgIpc) is 2.19. The average molecular weight is 235 g/mol. The first kappa shape index (κ1) is 12.6. The zero-order valence-corrected chi connectivity index (χ0v) is 11.0. The van der Waals surface area contributed by atoms with E-state index in [4.69, 9.17) is 5.73 Å². The standard InChI is InChI=1S/C15H22FN/c1-10(2)12-8-13(11(3)7-14(12)16)15(9-17)5-4-6-15/h7-8,10H,4-6,9,17H2,1-3H3. The molecule has 0 aromatic heterocycles. The Morgan fingerprint density at radius 2 is 2.00 bits per heavy atom. The SMILES string of the molecule is Cc1cc(F)c(C(C)C)cc1C1(CN)CCC1. The molecule has 1 fully saturated rings. The van der Waals surface area contributed by atoms with E-state index in [0.717, 1.165) is 24.0 Å². The maximum Gasteiger partial charge on any atom is 0.126 e. The van der Waals surface area contributed by atoms with E-state index in [1.165, 1.54) is 12.0 Å². The van der Waals surface area contributed by atoms with Crippen molar-refractivity contribution in [3.63, 3.8) is 0 Å². The summed E-state index contributed by atoms with van der Waals surface area (Å²) in [4.78, 5) is 0. The molecule has 1 aliphatic carbocycles. The van der Waals surface area contributed by atoms with Crippen molar-refractivity contribution >= 4 is 0 Å². The van der Waals surface area contributed by atoms with Crippen LogP contribution in [0.5, 0.6) is 0 Å². The van der Waals surface area contributed by atoms with Crippen molar-refractivity contribution in [3.8, 4) is 0 Å². The van der Waals surface area contributed by atoms with E-state index in [1.807, 2.05) is 20.8 Å². The van der Waals surface area contributed by atoms with Crippen LogP contribution in [-0.2, 0) is 5.41 Å². The first-order valence-electron chi connectivity index (χ1n) is 6.51. The summed E-state index contributed by atoms with van der Waals surface area (Å²) in [6.45, 7) is 6.75. The van der Waals surface area contributed by atoms with Crippen molar-refractivity contribution in [2.75, 3.05) is 6.54 Å². The molecule has 1 saturated carbocycles. The van der Waals surface area contributed by atoms with Crippen molar-refractivity contribution in [2.45, 2.75) is 51.4 Å². The lowest BCUT2D eigenvalue weighted by Gasteiger charge is -2.43. The van der Waals surface area contributed by atoms with E-state index < -0.39 is 0 Å². The Morgan fingerprint density at radius 1 is 1.35 bits per heavy atom. The largest absolute Gasteiger partial charge is 0.330 e. The molecule has 0 aliphatic heterocycles. The maximum atomic E-state index is 13.9. The van der Waals surface area contributed by atoms with Gasteiger partial charge in [0.1, 0.15) is 5.82 Å². The van der Waals surface area contributed by atoms with E-state index in [2.05, 4.69) is 6.07 Å². The molecule has 0 radical (unpaired) electrons. The Kier molecular flexibility index (Phi) is 3.26. The summed E-state index contributed by atoms with van der Waals surface area (Å²) in [7, 11) is 0. The van der Waals surface area contributed by atoms with Crippen LogP contribution in [0.4, 0.5) is 4.39 Å². The molecule has 17 heavy (non-hydrogen) atoms. The van der Waals surface area contributed by atoms with Gasteiger partial charge in [0.15, 0.2) is 0 Å². The van der Waals surface area contributed by atoms with Crippen molar-refractivity contribution in [3.05, 3.63) is 34.6 Å². The molecule has 0 spiro atoms. The molecule has 0 unspecified atom stereocenters. The smallest absolute Gasteiger partial charge is 0.126 e. The molecular weight excluding hydrogens is 213 g/mol. The lowest BCUT2D eigenvalue weighted by molar-refractivity contribution is 0.251. The van der Waals surface area contributed by atoms with Gasteiger partial charge in [0.25, 0.3) is 0 Å². The minimum Gasteiger partial charge on any atom is -0.330 e. The van der Waals surface area contributed by atoms with Crippen LogP contribution in [0.3, 0.4) is 0 Å². The highest BCUT2D eigenvalue weighted by Gasteiger charge is 2.38. The van der Waals surface area contributed by atoms with Gasteiger partial charge in [-0.25, -0.2) is 4.39 Å². The minimum absolute atomic E-state index is 0.0762. The lowest BCUT2D eigenvalue weighted by Crippen LogP contribution is -2.42. The highest BCUT2D eigenvalue weighted by molar-refractivity contribution is 5.40. The maximum absolute atomic E-state index is 13.9. The number of aryl methyl sites for hydroxylation is 1. The van der Waals surface area contributed by atoms with Crippen molar-refractivity contribution in [1.29, 1.82) is 0 Å². The van der Waals surface area contributed by atoms with Gasteiger partial charge in [-0.05, 0) is 48.4 Å². The molecule has 1 aromatic rings. The predicted octanol–water partition coefficient (Wildman–Crippen LogP) is 3.64. The van der Waals surface area contributed by atoms with E-state index in [-0.39, 0.29) is 17.2 Å². The van der Waals surface area contributed by atoms with Crippen LogP contribution in [0.15, 0.2) is 12.1 Å². The Labute approximate surface area is 103 Å². The number of nitrogens with two attached hydrogens (primary N) is 1. The molecule has 2 N–H and O–H groups in total. The fourth-order valence-corrected chi connectivity index (χ4v) is 2.89. The summed E-state index contributed by atoms with van der Waals surface area (Å²) in [6, 6.07) is 3.74. The van der Waals surface area contributed by atoms with Gasteiger partial charge in [0.05, 0.1) is 0 Å². The zero-order valence-electron chi connectivity index (χ0n) is 11.0. The second-order valence-corrected chi connectivity index (χ2v) is 5.68. The first-order valence-corrected chi connectivity index (χ1v) is 6.51. The molecule has 0 bridgehead atoms. The van der Waals surface area contributed by atoms with Crippen molar-refractivity contribution in [2.24, 2.45) is 5.73 Å². The summed E-state index contributed by atoms with van der Waals surface area (Å²) in [5, 5.41) is 0. The summed E-state index contributed by atoms with van der Waals surface area (Å²) in [5.74, 6) is 0.150. The molecule has 1 aliphatic rings. The minimum atomic E-state index is -0.0762. The second kappa shape index (κ2) is 4.41. The molecule has 94 valence electrons. The van der Waals surface area contributed by atoms with Crippen LogP contribution in [-0.4, -0.2) is 6.54 Å². The number of benzene rings is 1. The highest BCUT2D eigenvalue weighted by Crippen LogP contribution is 2.45. The van der Waals surface area contributed by atoms with Gasteiger partial charge >= 0.3 is 0 Å². The lowest BCUT2D eigenvalue weighted by atomic mass is 9.63. The number of halogens is 1. The monoisotopic (exact) mass is 235 g/mol. The third-order valence-electron chi connectivity index (χ3n) is 4.24. The third-order valence-corrected chi connectivity index (χ3v) is 4.24. The van der Waals surface area contributed by atoms with Gasteiger partial charge in [-0.2, -0.15) is 0 Å². The van der Waals surface area contributed by atoms with E-state index in [9.17, 15) is 4.39 Å². The van der Waals surface area contributed by atoms with Crippen molar-refractivity contribution < 1.29 is 4.39 Å². The Bertz CT molecular complexity index is 414. The molecule has 1 aromatic carbocycles. The number of hydrogen-bond donors (Lipinski definition) is 1. The summed E-state index contributed by atoms with van der Waals surface area (Å²) in [6.07, 6.45) is 3.53. The van der Waals surface area contributed by atoms with Crippen LogP contribution in [0.1, 0.15) is 55.7 Å². The van der Waals surface area contributed by atoms with Crippen molar-refractivity contribution in [1.82, 2.24) is 0 Å². The fourth-order valence-electron chi connectivity index (χ4n) is 2.89. The Balaban J connectivity index is 2.50. The van der Waals surface area contributed by atoms with Gasteiger partial charge in [-0.15, -0.1) is 0 Å². The third kappa shape index (κ3) is 1.99. The van der Waals surface area contributed by atoms with Gasteiger partial charge in [0.2, 0.25) is 0 Å². The van der Waals surface area contributed by atoms with Crippen LogP contribution < -0.4 is 5.73 Å². The normalized spacial score (nSPS) is 18.2. The number of hydrogen-bond acceptors (Lipinski definition) is 1. The highest BCUT2D eigenvalue weighted by atomic mass is 19.1. The molecule has 0 atom stereocenters. The zero-order chi connectivity index (χ0) is 12.6. The molecular formula is C15H22FN. The molecule has 0 amide bonds. The van der Waals surface area contributed by atoms with Gasteiger partial charge in [-0.1, -0.05) is 26.3 Å². The fraction of sp³-hybridized carbons (Fsp3) is 0.600. The molecule has 0 heterocycles. The van der Waals surface area contributed by atoms with E-state index >= 15 is 0 Å². The summed E-state index contributed by atoms with van der Waals surface area (Å²) in [5.41, 5.74) is 9.22. The van der Waals surface area contributed by atoms with Crippen LogP contribution in [0.25, 0.3) is 0 Å².